The smallest absolute Gasteiger partial charge is 0.478 e. The highest BCUT2D eigenvalue weighted by molar-refractivity contribution is 7.46. The molecule has 0 aliphatic carbocycles. The van der Waals surface area contributed by atoms with Crippen LogP contribution in [0.4, 0.5) is 4.20 Å². The largest absolute Gasteiger partial charge is 0.510 e. The second-order valence-corrected chi connectivity index (χ2v) is 2.44. The minimum absolute atomic E-state index is 0.820. The second-order valence-electron chi connectivity index (χ2n) is 1.18. The van der Waals surface area contributed by atoms with Crippen LogP contribution in [0.15, 0.2) is 12.7 Å². The topological polar surface area (TPSA) is 83.8 Å². The van der Waals surface area contributed by atoms with Crippen LogP contribution in [0.5, 0.6) is 0 Å². The van der Waals surface area contributed by atoms with Crippen molar-refractivity contribution >= 4 is 13.9 Å². The molecule has 0 aromatic carbocycles. The Morgan fingerprint density at radius 3 is 2.00 bits per heavy atom. The highest BCUT2D eigenvalue weighted by Crippen LogP contribution is 2.41. The molecular formula is C4H8FO5P. The van der Waals surface area contributed by atoms with Crippen LogP contribution in [0.2, 0.25) is 0 Å². The molecule has 0 amide bonds. The van der Waals surface area contributed by atoms with Gasteiger partial charge in [-0.2, -0.15) is 0 Å². The quantitative estimate of drug-likeness (QED) is 0.495. The molecule has 0 rings (SSSR count). The van der Waals surface area contributed by atoms with Gasteiger partial charge < -0.3 is 5.11 Å². The fraction of sp³-hybridized carbons (Fsp3) is 0.250. The Hall–Kier alpha value is -0.710. The third-order valence-electron chi connectivity index (χ3n) is 0.400. The Morgan fingerprint density at radius 2 is 2.00 bits per heavy atom. The van der Waals surface area contributed by atoms with Crippen LogP contribution >= 0.6 is 7.91 Å². The number of carboxylic acid groups (broad SMARTS) is 1. The standard InChI is InChI=1S/C3H4O2.CH4FO3P/c1-2-3(4)5;1-5-6(2,3)4/h2H,1H2,(H,4,5);1H3,(H,3,4). The van der Waals surface area contributed by atoms with Crippen LogP contribution in [0.1, 0.15) is 0 Å². The van der Waals surface area contributed by atoms with E-state index in [1.807, 2.05) is 0 Å². The first kappa shape index (κ1) is 12.9. The number of hydrogen-bond donors (Lipinski definition) is 2. The summed E-state index contributed by atoms with van der Waals surface area (Å²) in [6, 6.07) is 0. The van der Waals surface area contributed by atoms with Crippen LogP contribution in [-0.2, 0) is 13.9 Å². The van der Waals surface area contributed by atoms with Gasteiger partial charge in [0.2, 0.25) is 0 Å². The number of carbonyl (C=O) groups is 1. The number of hydrogen-bond acceptors (Lipinski definition) is 3. The normalized spacial score (nSPS) is 13.7. The lowest BCUT2D eigenvalue weighted by atomic mass is 10.7. The first-order chi connectivity index (χ1) is 4.83. The molecule has 2 N–H and O–H groups in total. The molecule has 0 aromatic heterocycles. The van der Waals surface area contributed by atoms with E-state index in [0.29, 0.717) is 0 Å². The van der Waals surface area contributed by atoms with Gasteiger partial charge in [0.05, 0.1) is 0 Å². The molecular weight excluding hydrogens is 178 g/mol. The molecule has 0 aliphatic rings. The van der Waals surface area contributed by atoms with E-state index in [0.717, 1.165) is 13.2 Å². The van der Waals surface area contributed by atoms with E-state index in [1.165, 1.54) is 0 Å². The fourth-order valence-electron chi connectivity index (χ4n) is 0. The van der Waals surface area contributed by atoms with Crippen molar-refractivity contribution in [2.45, 2.75) is 0 Å². The summed E-state index contributed by atoms with van der Waals surface area (Å²) in [5, 5.41) is 7.60. The summed E-state index contributed by atoms with van der Waals surface area (Å²) in [6.45, 7) is 2.96. The Balaban J connectivity index is 0. The maximum absolute atomic E-state index is 11.0. The van der Waals surface area contributed by atoms with Crippen LogP contribution < -0.4 is 0 Å². The van der Waals surface area contributed by atoms with Crippen LogP contribution in [0.25, 0.3) is 0 Å². The molecule has 0 saturated carbocycles. The van der Waals surface area contributed by atoms with E-state index in [4.69, 9.17) is 10.00 Å². The van der Waals surface area contributed by atoms with E-state index in [-0.39, 0.29) is 0 Å². The number of rotatable bonds is 2. The van der Waals surface area contributed by atoms with E-state index in [1.54, 1.807) is 0 Å². The molecule has 0 aromatic rings. The van der Waals surface area contributed by atoms with Gasteiger partial charge in [0, 0.05) is 13.2 Å². The molecule has 0 saturated heterocycles. The van der Waals surface area contributed by atoms with Gasteiger partial charge in [-0.3, -0.25) is 9.42 Å². The van der Waals surface area contributed by atoms with Gasteiger partial charge in [-0.1, -0.05) is 6.58 Å². The van der Waals surface area contributed by atoms with Gasteiger partial charge in [-0.25, -0.2) is 9.36 Å². The lowest BCUT2D eigenvalue weighted by molar-refractivity contribution is -0.131. The number of halogens is 1. The van der Waals surface area contributed by atoms with Gasteiger partial charge in [-0.15, -0.1) is 4.20 Å². The van der Waals surface area contributed by atoms with Crippen LogP contribution in [-0.4, -0.2) is 23.1 Å². The SMILES string of the molecule is C=CC(=O)O.COP(=O)(O)F. The Labute approximate surface area is 62.8 Å². The third kappa shape index (κ3) is 26.8. The summed E-state index contributed by atoms with van der Waals surface area (Å²) in [5.41, 5.74) is 0. The third-order valence-corrected chi connectivity index (χ3v) is 0.850. The van der Waals surface area contributed by atoms with Crippen molar-refractivity contribution in [3.05, 3.63) is 12.7 Å². The molecule has 0 heterocycles. The van der Waals surface area contributed by atoms with E-state index < -0.39 is 13.9 Å². The van der Waals surface area contributed by atoms with Crippen molar-refractivity contribution in [1.29, 1.82) is 0 Å². The van der Waals surface area contributed by atoms with E-state index >= 15 is 0 Å². The molecule has 7 heteroatoms. The van der Waals surface area contributed by atoms with Crippen LogP contribution in [0, 0.1) is 0 Å². The fourth-order valence-corrected chi connectivity index (χ4v) is 0. The molecule has 11 heavy (non-hydrogen) atoms. The van der Waals surface area contributed by atoms with Gasteiger partial charge >= 0.3 is 13.9 Å². The van der Waals surface area contributed by atoms with Gasteiger partial charge in [0.1, 0.15) is 0 Å². The predicted molar refractivity (Wildman–Crippen MR) is 35.8 cm³/mol. The summed E-state index contributed by atoms with van der Waals surface area (Å²) >= 11 is 0. The van der Waals surface area contributed by atoms with Crippen molar-refractivity contribution in [3.8, 4) is 0 Å². The van der Waals surface area contributed by atoms with Crippen molar-refractivity contribution in [2.75, 3.05) is 7.11 Å². The lowest BCUT2D eigenvalue weighted by Gasteiger charge is -1.89. The lowest BCUT2D eigenvalue weighted by Crippen LogP contribution is -1.82. The zero-order chi connectivity index (χ0) is 9.49. The van der Waals surface area contributed by atoms with Gasteiger partial charge in [0.15, 0.2) is 0 Å². The minimum Gasteiger partial charge on any atom is -0.478 e. The predicted octanol–water partition coefficient (Wildman–Crippen LogP) is 0.960. The van der Waals surface area contributed by atoms with Crippen molar-refractivity contribution < 1.29 is 28.1 Å². The van der Waals surface area contributed by atoms with Crippen LogP contribution in [0.3, 0.4) is 0 Å². The first-order valence-electron chi connectivity index (χ1n) is 2.27. The zero-order valence-electron chi connectivity index (χ0n) is 5.73. The molecule has 0 spiro atoms. The number of aliphatic carboxylic acids is 1. The molecule has 0 bridgehead atoms. The average Bonchev–Trinajstić information content (AvgIpc) is 1.88. The monoisotopic (exact) mass is 186 g/mol. The van der Waals surface area contributed by atoms with Gasteiger partial charge in [0.25, 0.3) is 0 Å². The highest BCUT2D eigenvalue weighted by atomic mass is 31.2. The Kier molecular flexibility index (Phi) is 7.08. The summed E-state index contributed by atoms with van der Waals surface area (Å²) in [7, 11) is -3.83. The van der Waals surface area contributed by atoms with Crippen molar-refractivity contribution in [3.63, 3.8) is 0 Å². The summed E-state index contributed by atoms with van der Waals surface area (Å²) in [5.74, 6) is -0.981. The minimum atomic E-state index is -4.65. The summed E-state index contributed by atoms with van der Waals surface area (Å²) in [6.07, 6.45) is 0.833. The molecule has 5 nitrogen and oxygen atoms in total. The van der Waals surface area contributed by atoms with E-state index in [2.05, 4.69) is 11.1 Å². The van der Waals surface area contributed by atoms with Crippen molar-refractivity contribution in [2.24, 2.45) is 0 Å². The Morgan fingerprint density at radius 1 is 1.82 bits per heavy atom. The molecule has 0 aliphatic heterocycles. The van der Waals surface area contributed by atoms with E-state index in [9.17, 15) is 13.6 Å². The Bertz CT molecular complexity index is 173. The number of carboxylic acids is 1. The molecule has 1 unspecified atom stereocenters. The molecule has 0 fully saturated rings. The first-order valence-corrected chi connectivity index (χ1v) is 3.74. The van der Waals surface area contributed by atoms with Gasteiger partial charge in [-0.05, 0) is 0 Å². The van der Waals surface area contributed by atoms with Crippen molar-refractivity contribution in [1.82, 2.24) is 0 Å². The maximum Gasteiger partial charge on any atom is 0.510 e. The summed E-state index contributed by atoms with van der Waals surface area (Å²) < 4.78 is 23.6. The maximum atomic E-state index is 11.0. The second kappa shape index (κ2) is 6.03. The molecule has 0 radical (unpaired) electrons. The molecule has 66 valence electrons. The zero-order valence-corrected chi connectivity index (χ0v) is 6.62. The highest BCUT2D eigenvalue weighted by Gasteiger charge is 2.11. The summed E-state index contributed by atoms with van der Waals surface area (Å²) in [4.78, 5) is 16.7. The average molecular weight is 186 g/mol. The molecule has 1 atom stereocenters.